The lowest BCUT2D eigenvalue weighted by Gasteiger charge is -2.33. The zero-order valence-electron chi connectivity index (χ0n) is 23.3. The molecule has 3 aromatic rings. The summed E-state index contributed by atoms with van der Waals surface area (Å²) in [4.78, 5) is 40.5. The molecule has 0 aliphatic heterocycles. The molecule has 0 aromatic heterocycles. The number of rotatable bonds is 12. The number of nitrogens with two attached hydrogens (primary N) is 1. The highest BCUT2D eigenvalue weighted by molar-refractivity contribution is 5.89. The van der Waals surface area contributed by atoms with Crippen molar-refractivity contribution in [3.63, 3.8) is 0 Å². The molecule has 0 bridgehead atoms. The molecular formula is C32H40N4O3. The summed E-state index contributed by atoms with van der Waals surface area (Å²) < 4.78 is 0. The highest BCUT2D eigenvalue weighted by Crippen LogP contribution is 2.21. The number of hydrogen-bond acceptors (Lipinski definition) is 4. The van der Waals surface area contributed by atoms with E-state index in [1.165, 1.54) is 13.0 Å². The second-order valence-corrected chi connectivity index (χ2v) is 10.6. The van der Waals surface area contributed by atoms with E-state index in [2.05, 4.69) is 16.7 Å². The van der Waals surface area contributed by atoms with E-state index in [1.807, 2.05) is 80.6 Å². The Morgan fingerprint density at radius 1 is 0.949 bits per heavy atom. The van der Waals surface area contributed by atoms with E-state index in [-0.39, 0.29) is 24.3 Å². The predicted molar refractivity (Wildman–Crippen MR) is 157 cm³/mol. The van der Waals surface area contributed by atoms with Crippen molar-refractivity contribution in [2.24, 2.45) is 5.73 Å². The number of fused-ring (bicyclic) bond motifs is 1. The smallest absolute Gasteiger partial charge is 0.243 e. The highest BCUT2D eigenvalue weighted by Gasteiger charge is 2.30. The van der Waals surface area contributed by atoms with E-state index >= 15 is 0 Å². The number of nitrogens with one attached hydrogen (secondary N) is 2. The number of carbonyl (C=O) groups is 3. The second-order valence-electron chi connectivity index (χ2n) is 10.6. The monoisotopic (exact) mass is 528 g/mol. The van der Waals surface area contributed by atoms with Crippen molar-refractivity contribution in [3.8, 4) is 0 Å². The maximum absolute atomic E-state index is 13.0. The predicted octanol–water partition coefficient (Wildman–Crippen LogP) is 3.76. The molecule has 39 heavy (non-hydrogen) atoms. The van der Waals surface area contributed by atoms with Gasteiger partial charge in [0.05, 0.1) is 6.04 Å². The second kappa shape index (κ2) is 13.7. The van der Waals surface area contributed by atoms with Gasteiger partial charge in [0.2, 0.25) is 17.7 Å². The fourth-order valence-electron chi connectivity index (χ4n) is 4.68. The van der Waals surface area contributed by atoms with Crippen molar-refractivity contribution in [2.45, 2.75) is 57.7 Å². The largest absolute Gasteiger partial charge is 0.357 e. The van der Waals surface area contributed by atoms with Gasteiger partial charge in [-0.25, -0.2) is 0 Å². The quantitative estimate of drug-likeness (QED) is 0.311. The number of likely N-dealkylation sites (N-methyl/N-ethyl adjacent to an activating group) is 1. The first-order valence-electron chi connectivity index (χ1n) is 13.3. The van der Waals surface area contributed by atoms with Crippen LogP contribution in [0.1, 0.15) is 38.3 Å². The average Bonchev–Trinajstić information content (AvgIpc) is 2.90. The SMILES string of the molecule is CNC(=O)[C@@H](Cc1ccccc1)N(C[C@@H](Cc1cccc2ccccc12)NC(=O)C=CCC(C)(C)N)C(C)=O. The molecule has 0 spiro atoms. The minimum Gasteiger partial charge on any atom is -0.357 e. The van der Waals surface area contributed by atoms with Gasteiger partial charge >= 0.3 is 0 Å². The van der Waals surface area contributed by atoms with Gasteiger partial charge in [0.15, 0.2) is 0 Å². The van der Waals surface area contributed by atoms with Crippen LogP contribution in [0.2, 0.25) is 0 Å². The standard InChI is InChI=1S/C32H40N4O3/c1-23(37)36(29(31(39)34-4)20-24-12-6-5-7-13-24)22-27(35-30(38)18-11-19-32(2,3)33)21-26-16-10-15-25-14-8-9-17-28(25)26/h5-18,27,29H,19-22,33H2,1-4H3,(H,34,39)(H,35,38)/t27-,29-/m1/s1. The summed E-state index contributed by atoms with van der Waals surface area (Å²) in [6, 6.07) is 22.6. The summed E-state index contributed by atoms with van der Waals surface area (Å²) in [5.74, 6) is -0.765. The summed E-state index contributed by atoms with van der Waals surface area (Å²) in [5, 5.41) is 7.98. The average molecular weight is 529 g/mol. The normalized spacial score (nSPS) is 13.2. The number of benzene rings is 3. The maximum Gasteiger partial charge on any atom is 0.243 e. The maximum atomic E-state index is 13.0. The molecule has 0 saturated carbocycles. The molecule has 206 valence electrons. The lowest BCUT2D eigenvalue weighted by molar-refractivity contribution is -0.139. The molecule has 7 nitrogen and oxygen atoms in total. The van der Waals surface area contributed by atoms with Gasteiger partial charge in [-0.05, 0) is 54.7 Å². The molecule has 3 aromatic carbocycles. The Bertz CT molecular complexity index is 1290. The van der Waals surface area contributed by atoms with Gasteiger partial charge in [-0.15, -0.1) is 0 Å². The van der Waals surface area contributed by atoms with Gasteiger partial charge in [-0.1, -0.05) is 78.9 Å². The van der Waals surface area contributed by atoms with E-state index in [4.69, 9.17) is 5.73 Å². The van der Waals surface area contributed by atoms with Gasteiger partial charge in [-0.2, -0.15) is 0 Å². The Morgan fingerprint density at radius 3 is 2.28 bits per heavy atom. The number of amides is 3. The van der Waals surface area contributed by atoms with Crippen LogP contribution in [0.25, 0.3) is 10.8 Å². The first-order chi connectivity index (χ1) is 18.6. The van der Waals surface area contributed by atoms with Crippen molar-refractivity contribution >= 4 is 28.5 Å². The molecule has 0 heterocycles. The van der Waals surface area contributed by atoms with Crippen molar-refractivity contribution in [2.75, 3.05) is 13.6 Å². The molecule has 0 fully saturated rings. The fourth-order valence-corrected chi connectivity index (χ4v) is 4.68. The highest BCUT2D eigenvalue weighted by atomic mass is 16.2. The van der Waals surface area contributed by atoms with Crippen LogP contribution in [0.4, 0.5) is 0 Å². The van der Waals surface area contributed by atoms with Crippen LogP contribution in [0.3, 0.4) is 0 Å². The minimum atomic E-state index is -0.726. The zero-order valence-corrected chi connectivity index (χ0v) is 23.3. The minimum absolute atomic E-state index is 0.172. The van der Waals surface area contributed by atoms with Gasteiger partial charge in [0.25, 0.3) is 0 Å². The van der Waals surface area contributed by atoms with Crippen LogP contribution in [-0.2, 0) is 27.2 Å². The van der Waals surface area contributed by atoms with Crippen LogP contribution in [0.15, 0.2) is 84.9 Å². The summed E-state index contributed by atoms with van der Waals surface area (Å²) in [5.41, 5.74) is 7.62. The van der Waals surface area contributed by atoms with Crippen LogP contribution >= 0.6 is 0 Å². The van der Waals surface area contributed by atoms with Crippen molar-refractivity contribution in [1.29, 1.82) is 0 Å². The van der Waals surface area contributed by atoms with E-state index in [0.29, 0.717) is 19.3 Å². The summed E-state index contributed by atoms with van der Waals surface area (Å²) >= 11 is 0. The topological polar surface area (TPSA) is 105 Å². The zero-order chi connectivity index (χ0) is 28.4. The number of nitrogens with zero attached hydrogens (tertiary/aromatic N) is 1. The molecule has 0 aliphatic carbocycles. The molecule has 4 N–H and O–H groups in total. The Morgan fingerprint density at radius 2 is 1.62 bits per heavy atom. The summed E-state index contributed by atoms with van der Waals surface area (Å²) in [6.45, 7) is 5.43. The Hall–Kier alpha value is -3.97. The summed E-state index contributed by atoms with van der Waals surface area (Å²) in [7, 11) is 1.57. The van der Waals surface area contributed by atoms with Gasteiger partial charge in [0, 0.05) is 32.5 Å². The number of hydrogen-bond donors (Lipinski definition) is 3. The first-order valence-corrected chi connectivity index (χ1v) is 13.3. The van der Waals surface area contributed by atoms with Crippen molar-refractivity contribution < 1.29 is 14.4 Å². The van der Waals surface area contributed by atoms with Gasteiger partial charge in [-0.3, -0.25) is 14.4 Å². The first kappa shape index (κ1) is 29.6. The lowest BCUT2D eigenvalue weighted by Crippen LogP contribution is -2.54. The summed E-state index contributed by atoms with van der Waals surface area (Å²) in [6.07, 6.45) is 4.64. The Labute approximate surface area is 231 Å². The van der Waals surface area contributed by atoms with Gasteiger partial charge < -0.3 is 21.3 Å². The third kappa shape index (κ3) is 9.07. The van der Waals surface area contributed by atoms with Crippen molar-refractivity contribution in [3.05, 3.63) is 96.1 Å². The van der Waals surface area contributed by atoms with Crippen LogP contribution < -0.4 is 16.4 Å². The molecular weight excluding hydrogens is 488 g/mol. The molecule has 7 heteroatoms. The van der Waals surface area contributed by atoms with Crippen molar-refractivity contribution in [1.82, 2.24) is 15.5 Å². The molecule has 0 radical (unpaired) electrons. The molecule has 0 saturated heterocycles. The third-order valence-electron chi connectivity index (χ3n) is 6.62. The Kier molecular flexibility index (Phi) is 10.4. The number of carbonyl (C=O) groups excluding carboxylic acids is 3. The fraction of sp³-hybridized carbons (Fsp3) is 0.344. The Balaban J connectivity index is 1.93. The van der Waals surface area contributed by atoms with Crippen LogP contribution in [0.5, 0.6) is 0 Å². The van der Waals surface area contributed by atoms with Gasteiger partial charge in [0.1, 0.15) is 6.04 Å². The molecule has 3 amide bonds. The molecule has 0 aliphatic rings. The van der Waals surface area contributed by atoms with E-state index in [9.17, 15) is 14.4 Å². The van der Waals surface area contributed by atoms with E-state index < -0.39 is 17.6 Å². The lowest BCUT2D eigenvalue weighted by atomic mass is 9.97. The molecule has 0 unspecified atom stereocenters. The molecule has 2 atom stereocenters. The third-order valence-corrected chi connectivity index (χ3v) is 6.62. The van der Waals surface area contributed by atoms with Crippen LogP contribution in [-0.4, -0.2) is 53.8 Å². The van der Waals surface area contributed by atoms with E-state index in [1.54, 1.807) is 18.0 Å². The van der Waals surface area contributed by atoms with Crippen LogP contribution in [0, 0.1) is 0 Å². The van der Waals surface area contributed by atoms with E-state index in [0.717, 1.165) is 21.9 Å². The molecule has 3 rings (SSSR count).